The first-order valence-electron chi connectivity index (χ1n) is 8.81. The quantitative estimate of drug-likeness (QED) is 0.405. The summed E-state index contributed by atoms with van der Waals surface area (Å²) in [5.74, 6) is 0. The third-order valence-corrected chi connectivity index (χ3v) is 5.72. The monoisotopic (exact) mass is 477 g/mol. The number of benzene rings is 2. The van der Waals surface area contributed by atoms with Gasteiger partial charge in [-0.25, -0.2) is 0 Å². The molecule has 0 aliphatic heterocycles. The van der Waals surface area contributed by atoms with Crippen LogP contribution in [0, 0.1) is 0 Å². The van der Waals surface area contributed by atoms with E-state index in [1.807, 2.05) is 12.2 Å². The molecule has 0 bridgehead atoms. The Balaban J connectivity index is 1.90. The number of halogens is 2. The molecule has 0 spiro atoms. The first-order valence-corrected chi connectivity index (χ1v) is 10.4. The van der Waals surface area contributed by atoms with Crippen LogP contribution >= 0.6 is 31.9 Å². The van der Waals surface area contributed by atoms with E-state index >= 15 is 0 Å². The molecular weight excluding hydrogens is 462 g/mol. The summed E-state index contributed by atoms with van der Waals surface area (Å²) in [4.78, 5) is 2.35. The topological polar surface area (TPSA) is 3.24 Å². The Morgan fingerprint density at radius 2 is 1.70 bits per heavy atom. The van der Waals surface area contributed by atoms with E-state index in [0.29, 0.717) is 0 Å². The summed E-state index contributed by atoms with van der Waals surface area (Å²) < 4.78 is 2.31. The van der Waals surface area contributed by atoms with Gasteiger partial charge in [0.1, 0.15) is 0 Å². The number of hydrogen-bond donors (Lipinski definition) is 0. The molecule has 0 aromatic heterocycles. The number of anilines is 2. The standard InChI is InChI=1S/C24H17Br2N/c25-19-10-14-21(15-11-19)27(22-16-12-20(26)13-17-22)24-9-5-4-8-23(24)18-6-2-1-3-7-18/h1-2,4-6,8-12,14-16H,13,17H2. The molecule has 0 fully saturated rings. The Hall–Kier alpha value is -2.28. The minimum atomic E-state index is 0.978. The lowest BCUT2D eigenvalue weighted by Crippen LogP contribution is -2.19. The van der Waals surface area contributed by atoms with E-state index in [2.05, 4.69) is 115 Å². The van der Waals surface area contributed by atoms with Crippen LogP contribution < -0.4 is 4.90 Å². The molecule has 0 atom stereocenters. The molecule has 0 saturated heterocycles. The van der Waals surface area contributed by atoms with E-state index in [1.54, 1.807) is 0 Å². The molecular formula is C24H17Br2N. The van der Waals surface area contributed by atoms with Crippen LogP contribution in [0.25, 0.3) is 5.57 Å². The fourth-order valence-corrected chi connectivity index (χ4v) is 3.84. The van der Waals surface area contributed by atoms with Gasteiger partial charge in [0, 0.05) is 27.0 Å². The average Bonchev–Trinajstić information content (AvgIpc) is 2.72. The third-order valence-electron chi connectivity index (χ3n) is 4.53. The summed E-state index contributed by atoms with van der Waals surface area (Å²) in [6.07, 6.45) is 12.3. The summed E-state index contributed by atoms with van der Waals surface area (Å²) >= 11 is 7.17. The number of hydrogen-bond acceptors (Lipinski definition) is 1. The second-order valence-corrected chi connectivity index (χ2v) is 8.24. The van der Waals surface area contributed by atoms with Gasteiger partial charge in [-0.2, -0.15) is 0 Å². The molecule has 0 unspecified atom stereocenters. The molecule has 2 aliphatic rings. The van der Waals surface area contributed by atoms with E-state index in [4.69, 9.17) is 0 Å². The second kappa shape index (κ2) is 8.17. The van der Waals surface area contributed by atoms with Crippen molar-refractivity contribution >= 4 is 48.8 Å². The number of allylic oxidation sites excluding steroid dienone is 8. The SMILES string of the molecule is BrC1=CC=C(N(c2ccc(Br)cc2)c2ccccc2C2=C=C=CC=C2)CC1. The molecule has 0 amide bonds. The van der Waals surface area contributed by atoms with Crippen molar-refractivity contribution in [3.8, 4) is 0 Å². The minimum Gasteiger partial charge on any atom is -0.314 e. The van der Waals surface area contributed by atoms with Crippen LogP contribution in [-0.2, 0) is 0 Å². The van der Waals surface area contributed by atoms with E-state index in [1.165, 1.54) is 10.2 Å². The summed E-state index contributed by atoms with van der Waals surface area (Å²) in [6, 6.07) is 17.0. The minimum absolute atomic E-state index is 0.978. The Labute approximate surface area is 176 Å². The van der Waals surface area contributed by atoms with Crippen LogP contribution in [0.2, 0.25) is 0 Å². The van der Waals surface area contributed by atoms with Crippen molar-refractivity contribution in [1.82, 2.24) is 0 Å². The predicted octanol–water partition coefficient (Wildman–Crippen LogP) is 7.81. The van der Waals surface area contributed by atoms with Crippen molar-refractivity contribution in [3.63, 3.8) is 0 Å². The molecule has 4 rings (SSSR count). The van der Waals surface area contributed by atoms with Crippen molar-refractivity contribution in [1.29, 1.82) is 0 Å². The summed E-state index contributed by atoms with van der Waals surface area (Å²) in [6.45, 7) is 0. The van der Waals surface area contributed by atoms with Crippen LogP contribution in [0.5, 0.6) is 0 Å². The molecule has 1 nitrogen and oxygen atoms in total. The molecule has 2 aromatic rings. The molecule has 2 aliphatic carbocycles. The van der Waals surface area contributed by atoms with Crippen LogP contribution in [-0.4, -0.2) is 0 Å². The van der Waals surface area contributed by atoms with Gasteiger partial charge in [0.2, 0.25) is 0 Å². The number of nitrogens with zero attached hydrogens (tertiary/aromatic N) is 1. The largest absolute Gasteiger partial charge is 0.314 e. The van der Waals surface area contributed by atoms with Gasteiger partial charge in [0.25, 0.3) is 0 Å². The van der Waals surface area contributed by atoms with Gasteiger partial charge in [-0.3, -0.25) is 0 Å². The third kappa shape index (κ3) is 4.03. The lowest BCUT2D eigenvalue weighted by atomic mass is 10.00. The lowest BCUT2D eigenvalue weighted by Gasteiger charge is -2.31. The number of rotatable bonds is 4. The van der Waals surface area contributed by atoms with E-state index in [0.717, 1.165) is 39.8 Å². The highest BCUT2D eigenvalue weighted by molar-refractivity contribution is 9.11. The summed E-state index contributed by atoms with van der Waals surface area (Å²) in [7, 11) is 0. The smallest absolute Gasteiger partial charge is 0.0543 e. The second-order valence-electron chi connectivity index (χ2n) is 6.31. The van der Waals surface area contributed by atoms with Crippen LogP contribution in [0.15, 0.2) is 105 Å². The molecule has 0 N–H and O–H groups in total. The maximum absolute atomic E-state index is 3.62. The molecule has 27 heavy (non-hydrogen) atoms. The average molecular weight is 479 g/mol. The van der Waals surface area contributed by atoms with Gasteiger partial charge in [-0.15, -0.1) is 0 Å². The van der Waals surface area contributed by atoms with Crippen molar-refractivity contribution in [3.05, 3.63) is 111 Å². The van der Waals surface area contributed by atoms with Gasteiger partial charge in [0.05, 0.1) is 5.69 Å². The van der Waals surface area contributed by atoms with E-state index in [9.17, 15) is 0 Å². The maximum Gasteiger partial charge on any atom is 0.0543 e. The highest BCUT2D eigenvalue weighted by Gasteiger charge is 2.20. The fraction of sp³-hybridized carbons (Fsp3) is 0.0833. The molecule has 0 heterocycles. The predicted molar refractivity (Wildman–Crippen MR) is 121 cm³/mol. The Morgan fingerprint density at radius 1 is 0.889 bits per heavy atom. The van der Waals surface area contributed by atoms with Gasteiger partial charge in [0.15, 0.2) is 0 Å². The lowest BCUT2D eigenvalue weighted by molar-refractivity contribution is 0.910. The van der Waals surface area contributed by atoms with Crippen LogP contribution in [0.4, 0.5) is 11.4 Å². The molecule has 3 heteroatoms. The zero-order valence-electron chi connectivity index (χ0n) is 14.6. The Kier molecular flexibility index (Phi) is 5.48. The molecule has 132 valence electrons. The normalized spacial score (nSPS) is 15.3. The van der Waals surface area contributed by atoms with Gasteiger partial charge in [-0.05, 0) is 65.9 Å². The Bertz CT molecular complexity index is 1060. The van der Waals surface area contributed by atoms with E-state index < -0.39 is 0 Å². The first kappa shape index (κ1) is 18.1. The van der Waals surface area contributed by atoms with Crippen LogP contribution in [0.1, 0.15) is 18.4 Å². The van der Waals surface area contributed by atoms with Crippen molar-refractivity contribution in [2.45, 2.75) is 12.8 Å². The fourth-order valence-electron chi connectivity index (χ4n) is 3.24. The van der Waals surface area contributed by atoms with Gasteiger partial charge >= 0.3 is 0 Å². The summed E-state index contributed by atoms with van der Waals surface area (Å²) in [5.41, 5.74) is 12.1. The van der Waals surface area contributed by atoms with Gasteiger partial charge < -0.3 is 4.90 Å². The van der Waals surface area contributed by atoms with Crippen LogP contribution in [0.3, 0.4) is 0 Å². The maximum atomic E-state index is 3.62. The zero-order valence-corrected chi connectivity index (χ0v) is 17.8. The highest BCUT2D eigenvalue weighted by atomic mass is 79.9. The molecule has 0 saturated carbocycles. The molecule has 2 aromatic carbocycles. The molecule has 0 radical (unpaired) electrons. The van der Waals surface area contributed by atoms with Crippen molar-refractivity contribution in [2.24, 2.45) is 0 Å². The summed E-state index contributed by atoms with van der Waals surface area (Å²) in [5, 5.41) is 0. The zero-order chi connectivity index (χ0) is 18.6. The van der Waals surface area contributed by atoms with Crippen molar-refractivity contribution in [2.75, 3.05) is 4.90 Å². The van der Waals surface area contributed by atoms with E-state index in [-0.39, 0.29) is 0 Å². The van der Waals surface area contributed by atoms with Crippen molar-refractivity contribution < 1.29 is 0 Å². The number of para-hydroxylation sites is 1. The highest BCUT2D eigenvalue weighted by Crippen LogP contribution is 2.39. The first-order chi connectivity index (χ1) is 13.2. The Morgan fingerprint density at radius 3 is 2.41 bits per heavy atom. The van der Waals surface area contributed by atoms with Gasteiger partial charge in [-0.1, -0.05) is 73.7 Å².